The van der Waals surface area contributed by atoms with Gasteiger partial charge < -0.3 is 10.2 Å². The number of hydrogen-bond donors (Lipinski definition) is 1. The molecule has 0 bridgehead atoms. The average molecular weight is 353 g/mol. The number of piperidine rings is 1. The van der Waals surface area contributed by atoms with Crippen LogP contribution in [0.5, 0.6) is 0 Å². The Labute approximate surface area is 136 Å². The summed E-state index contributed by atoms with van der Waals surface area (Å²) in [6.45, 7) is 6.87. The molecule has 0 radical (unpaired) electrons. The first-order chi connectivity index (χ1) is 9.95. The van der Waals surface area contributed by atoms with Crippen LogP contribution in [-0.4, -0.2) is 37.5 Å². The zero-order valence-corrected chi connectivity index (χ0v) is 14.7. The van der Waals surface area contributed by atoms with Crippen LogP contribution in [0, 0.1) is 5.92 Å². The molecule has 116 valence electrons. The topological polar surface area (TPSA) is 32.3 Å². The number of halogens is 1. The number of likely N-dealkylation sites (tertiary alicyclic amines) is 1. The number of amides is 1. The smallest absolute Gasteiger partial charge is 0.232 e. The molecule has 0 saturated carbocycles. The van der Waals surface area contributed by atoms with Crippen molar-refractivity contribution < 1.29 is 4.79 Å². The molecule has 1 aliphatic heterocycles. The van der Waals surface area contributed by atoms with Crippen molar-refractivity contribution in [3.05, 3.63) is 34.3 Å². The lowest BCUT2D eigenvalue weighted by atomic mass is 9.82. The van der Waals surface area contributed by atoms with Crippen molar-refractivity contribution in [2.75, 3.05) is 26.7 Å². The van der Waals surface area contributed by atoms with E-state index in [1.165, 1.54) is 0 Å². The van der Waals surface area contributed by atoms with Gasteiger partial charge in [-0.1, -0.05) is 28.1 Å². The van der Waals surface area contributed by atoms with E-state index in [0.717, 1.165) is 42.5 Å². The molecule has 1 aliphatic rings. The van der Waals surface area contributed by atoms with E-state index < -0.39 is 5.41 Å². The van der Waals surface area contributed by atoms with E-state index in [1.807, 2.05) is 50.1 Å². The average Bonchev–Trinajstić information content (AvgIpc) is 2.48. The highest BCUT2D eigenvalue weighted by molar-refractivity contribution is 9.10. The molecule has 4 heteroatoms. The highest BCUT2D eigenvalue weighted by atomic mass is 79.9. The Hall–Kier alpha value is -0.870. The van der Waals surface area contributed by atoms with Crippen molar-refractivity contribution in [2.24, 2.45) is 5.92 Å². The molecule has 1 heterocycles. The van der Waals surface area contributed by atoms with E-state index in [2.05, 4.69) is 21.2 Å². The van der Waals surface area contributed by atoms with Gasteiger partial charge in [0.2, 0.25) is 5.91 Å². The van der Waals surface area contributed by atoms with Gasteiger partial charge in [0.05, 0.1) is 5.41 Å². The molecule has 0 aromatic heterocycles. The molecule has 0 spiro atoms. The van der Waals surface area contributed by atoms with Crippen LogP contribution < -0.4 is 5.32 Å². The maximum absolute atomic E-state index is 12.9. The van der Waals surface area contributed by atoms with Gasteiger partial charge in [-0.25, -0.2) is 0 Å². The number of carbonyl (C=O) groups excluding carboxylic acids is 1. The summed E-state index contributed by atoms with van der Waals surface area (Å²) in [5.74, 6) is 0.947. The van der Waals surface area contributed by atoms with Crippen molar-refractivity contribution in [1.29, 1.82) is 0 Å². The molecule has 0 unspecified atom stereocenters. The highest BCUT2D eigenvalue weighted by Gasteiger charge is 2.35. The van der Waals surface area contributed by atoms with Crippen molar-refractivity contribution in [3.8, 4) is 0 Å². The number of hydrogen-bond acceptors (Lipinski definition) is 2. The van der Waals surface area contributed by atoms with Gasteiger partial charge in [0.15, 0.2) is 0 Å². The van der Waals surface area contributed by atoms with Crippen LogP contribution in [0.4, 0.5) is 0 Å². The lowest BCUT2D eigenvalue weighted by molar-refractivity contribution is -0.137. The summed E-state index contributed by atoms with van der Waals surface area (Å²) in [6, 6.07) is 8.08. The van der Waals surface area contributed by atoms with Crippen LogP contribution in [0.3, 0.4) is 0 Å². The molecule has 1 aromatic rings. The summed E-state index contributed by atoms with van der Waals surface area (Å²) in [5, 5.41) is 3.23. The monoisotopic (exact) mass is 352 g/mol. The molecule has 1 N–H and O–H groups in total. The fourth-order valence-electron chi connectivity index (χ4n) is 3.01. The van der Waals surface area contributed by atoms with Crippen molar-refractivity contribution >= 4 is 21.8 Å². The Morgan fingerprint density at radius 1 is 1.29 bits per heavy atom. The summed E-state index contributed by atoms with van der Waals surface area (Å²) >= 11 is 3.45. The Morgan fingerprint density at radius 2 is 1.86 bits per heavy atom. The van der Waals surface area contributed by atoms with Crippen molar-refractivity contribution in [3.63, 3.8) is 0 Å². The third-order valence-electron chi connectivity index (χ3n) is 4.50. The first-order valence-electron chi connectivity index (χ1n) is 7.65. The Kier molecular flexibility index (Phi) is 5.44. The zero-order valence-electron chi connectivity index (χ0n) is 13.2. The molecule has 1 amide bonds. The predicted molar refractivity (Wildman–Crippen MR) is 90.4 cm³/mol. The maximum Gasteiger partial charge on any atom is 0.232 e. The molecule has 0 aliphatic carbocycles. The second-order valence-electron chi connectivity index (χ2n) is 6.43. The second-order valence-corrected chi connectivity index (χ2v) is 7.34. The number of carbonyl (C=O) groups is 1. The van der Waals surface area contributed by atoms with Gasteiger partial charge in [-0.15, -0.1) is 0 Å². The van der Waals surface area contributed by atoms with Gasteiger partial charge in [-0.3, -0.25) is 4.79 Å². The van der Waals surface area contributed by atoms with E-state index in [0.29, 0.717) is 5.92 Å². The minimum absolute atomic E-state index is 0.243. The summed E-state index contributed by atoms with van der Waals surface area (Å²) < 4.78 is 1.04. The molecule has 0 atom stereocenters. The lowest BCUT2D eigenvalue weighted by Crippen LogP contribution is -2.47. The lowest BCUT2D eigenvalue weighted by Gasteiger charge is -2.37. The maximum atomic E-state index is 12.9. The standard InChI is InChI=1S/C17H25BrN2O/c1-17(2,14-4-6-15(18)7-5-14)16(21)20-10-8-13(9-11-20)12-19-3/h4-7,13,19H,8-12H2,1-3H3. The van der Waals surface area contributed by atoms with E-state index >= 15 is 0 Å². The van der Waals surface area contributed by atoms with Crippen LogP contribution in [0.1, 0.15) is 32.3 Å². The molecule has 2 rings (SSSR count). The van der Waals surface area contributed by atoms with Crippen molar-refractivity contribution in [1.82, 2.24) is 10.2 Å². The minimum atomic E-state index is -0.462. The summed E-state index contributed by atoms with van der Waals surface area (Å²) in [5.41, 5.74) is 0.615. The van der Waals surface area contributed by atoms with Gasteiger partial charge >= 0.3 is 0 Å². The van der Waals surface area contributed by atoms with E-state index in [-0.39, 0.29) is 5.91 Å². The zero-order chi connectivity index (χ0) is 15.5. The van der Waals surface area contributed by atoms with Gasteiger partial charge in [0.1, 0.15) is 0 Å². The van der Waals surface area contributed by atoms with Crippen LogP contribution in [0.15, 0.2) is 28.7 Å². The van der Waals surface area contributed by atoms with E-state index in [1.54, 1.807) is 0 Å². The number of rotatable bonds is 4. The first-order valence-corrected chi connectivity index (χ1v) is 8.44. The largest absolute Gasteiger partial charge is 0.342 e. The second kappa shape index (κ2) is 6.93. The number of benzene rings is 1. The van der Waals surface area contributed by atoms with Crippen LogP contribution >= 0.6 is 15.9 Å². The van der Waals surface area contributed by atoms with Crippen LogP contribution in [0.25, 0.3) is 0 Å². The van der Waals surface area contributed by atoms with Gasteiger partial charge in [-0.2, -0.15) is 0 Å². The number of nitrogens with zero attached hydrogens (tertiary/aromatic N) is 1. The molecular formula is C17H25BrN2O. The third-order valence-corrected chi connectivity index (χ3v) is 5.02. The van der Waals surface area contributed by atoms with E-state index in [4.69, 9.17) is 0 Å². The molecule has 1 fully saturated rings. The molecular weight excluding hydrogens is 328 g/mol. The Morgan fingerprint density at radius 3 is 2.38 bits per heavy atom. The summed E-state index contributed by atoms with van der Waals surface area (Å²) in [6.07, 6.45) is 2.20. The normalized spacial score (nSPS) is 17.0. The molecule has 1 aromatic carbocycles. The minimum Gasteiger partial charge on any atom is -0.342 e. The van der Waals surface area contributed by atoms with Gasteiger partial charge in [-0.05, 0) is 63.9 Å². The summed E-state index contributed by atoms with van der Waals surface area (Å²) in [4.78, 5) is 14.9. The van der Waals surface area contributed by atoms with Crippen LogP contribution in [-0.2, 0) is 10.2 Å². The van der Waals surface area contributed by atoms with Gasteiger partial charge in [0.25, 0.3) is 0 Å². The van der Waals surface area contributed by atoms with Crippen molar-refractivity contribution in [2.45, 2.75) is 32.1 Å². The van der Waals surface area contributed by atoms with Crippen LogP contribution in [0.2, 0.25) is 0 Å². The first kappa shape index (κ1) is 16.5. The Balaban J connectivity index is 2.03. The van der Waals surface area contributed by atoms with E-state index in [9.17, 15) is 4.79 Å². The third kappa shape index (κ3) is 3.86. The van der Waals surface area contributed by atoms with Gasteiger partial charge in [0, 0.05) is 17.6 Å². The molecule has 1 saturated heterocycles. The molecule has 21 heavy (non-hydrogen) atoms. The predicted octanol–water partition coefficient (Wildman–Crippen LogP) is 3.18. The Bertz CT molecular complexity index is 476. The quantitative estimate of drug-likeness (QED) is 0.902. The fourth-order valence-corrected chi connectivity index (χ4v) is 3.28. The SMILES string of the molecule is CNCC1CCN(C(=O)C(C)(C)c2ccc(Br)cc2)CC1. The molecule has 3 nitrogen and oxygen atoms in total. The number of nitrogens with one attached hydrogen (secondary N) is 1. The fraction of sp³-hybridized carbons (Fsp3) is 0.588. The summed E-state index contributed by atoms with van der Waals surface area (Å²) in [7, 11) is 1.99. The highest BCUT2D eigenvalue weighted by Crippen LogP contribution is 2.29.